The predicted octanol–water partition coefficient (Wildman–Crippen LogP) is 2.50. The van der Waals surface area contributed by atoms with Crippen LogP contribution >= 0.6 is 0 Å². The molecule has 2 aliphatic rings. The molecule has 1 aromatic carbocycles. The standard InChI is InChI=1S/C19H20N2O7S/c1-18(2)15(12-5-7-13(8-6-12)29(4,25)26)16(17(22)28-18)27-14-11-19(3,21(23)24)9-10-20-14/h5-10H,11H2,1-4H3. The average Bonchev–Trinajstić information content (AvgIpc) is 2.82. The van der Waals surface area contributed by atoms with E-state index in [2.05, 4.69) is 4.99 Å². The van der Waals surface area contributed by atoms with Crippen LogP contribution in [-0.4, -0.2) is 42.6 Å². The number of nitro groups is 1. The minimum Gasteiger partial charge on any atom is -0.449 e. The first-order chi connectivity index (χ1) is 13.3. The molecule has 1 atom stereocenters. The fourth-order valence-corrected chi connectivity index (χ4v) is 3.77. The number of cyclic esters (lactones) is 1. The summed E-state index contributed by atoms with van der Waals surface area (Å²) >= 11 is 0. The number of carbonyl (C=O) groups is 1. The lowest BCUT2D eigenvalue weighted by Crippen LogP contribution is -2.37. The molecule has 0 saturated heterocycles. The monoisotopic (exact) mass is 420 g/mol. The molecule has 1 aromatic rings. The van der Waals surface area contributed by atoms with E-state index in [0.29, 0.717) is 11.1 Å². The number of esters is 1. The SMILES string of the molecule is CC1(C)OC(=O)C(OC2=NC=CC(C)([N+](=O)[O-])C2)=C1c1ccc(S(C)(=O)=O)cc1. The van der Waals surface area contributed by atoms with E-state index in [1.165, 1.54) is 31.3 Å². The fraction of sp³-hybridized carbons (Fsp3) is 0.368. The van der Waals surface area contributed by atoms with Gasteiger partial charge in [0, 0.05) is 30.4 Å². The molecule has 0 radical (unpaired) electrons. The lowest BCUT2D eigenvalue weighted by Gasteiger charge is -2.22. The summed E-state index contributed by atoms with van der Waals surface area (Å²) < 4.78 is 34.5. The van der Waals surface area contributed by atoms with Gasteiger partial charge in [0.25, 0.3) is 0 Å². The zero-order valence-electron chi connectivity index (χ0n) is 16.3. The molecule has 0 fully saturated rings. The lowest BCUT2D eigenvalue weighted by molar-refractivity contribution is -0.549. The maximum Gasteiger partial charge on any atom is 0.375 e. The van der Waals surface area contributed by atoms with Gasteiger partial charge in [-0.15, -0.1) is 0 Å². The van der Waals surface area contributed by atoms with Gasteiger partial charge in [0.2, 0.25) is 17.2 Å². The second kappa shape index (κ2) is 6.80. The highest BCUT2D eigenvalue weighted by atomic mass is 32.2. The van der Waals surface area contributed by atoms with E-state index in [1.807, 2.05) is 0 Å². The summed E-state index contributed by atoms with van der Waals surface area (Å²) in [6, 6.07) is 5.97. The predicted molar refractivity (Wildman–Crippen MR) is 104 cm³/mol. The van der Waals surface area contributed by atoms with E-state index in [0.717, 1.165) is 6.26 Å². The highest BCUT2D eigenvalue weighted by molar-refractivity contribution is 7.90. The Morgan fingerprint density at radius 3 is 2.38 bits per heavy atom. The van der Waals surface area contributed by atoms with Crippen molar-refractivity contribution in [3.8, 4) is 0 Å². The molecular formula is C19H20N2O7S. The molecule has 9 nitrogen and oxygen atoms in total. The van der Waals surface area contributed by atoms with E-state index in [-0.39, 0.29) is 23.0 Å². The summed E-state index contributed by atoms with van der Waals surface area (Å²) in [4.78, 5) is 27.5. The van der Waals surface area contributed by atoms with Gasteiger partial charge < -0.3 is 9.47 Å². The van der Waals surface area contributed by atoms with Gasteiger partial charge in [0.05, 0.1) is 16.9 Å². The number of benzene rings is 1. The third-order valence-electron chi connectivity index (χ3n) is 4.73. The van der Waals surface area contributed by atoms with E-state index in [9.17, 15) is 23.3 Å². The first-order valence-corrected chi connectivity index (χ1v) is 10.6. The van der Waals surface area contributed by atoms with Crippen LogP contribution in [0, 0.1) is 10.1 Å². The number of ether oxygens (including phenoxy) is 2. The average molecular weight is 420 g/mol. The quantitative estimate of drug-likeness (QED) is 0.416. The van der Waals surface area contributed by atoms with Crippen LogP contribution in [0.1, 0.15) is 32.8 Å². The first-order valence-electron chi connectivity index (χ1n) is 8.69. The number of hydrogen-bond acceptors (Lipinski definition) is 8. The summed E-state index contributed by atoms with van der Waals surface area (Å²) in [5, 5.41) is 11.3. The zero-order valence-corrected chi connectivity index (χ0v) is 17.1. The number of aliphatic imine (C=N–C) groups is 1. The van der Waals surface area contributed by atoms with Gasteiger partial charge in [0.1, 0.15) is 5.60 Å². The van der Waals surface area contributed by atoms with Crippen LogP contribution in [0.3, 0.4) is 0 Å². The second-order valence-electron chi connectivity index (χ2n) is 7.63. The third-order valence-corrected chi connectivity index (χ3v) is 5.86. The van der Waals surface area contributed by atoms with Gasteiger partial charge in [-0.25, -0.2) is 18.2 Å². The Bertz CT molecular complexity index is 1080. The molecular weight excluding hydrogens is 400 g/mol. The Morgan fingerprint density at radius 2 is 1.83 bits per heavy atom. The highest BCUT2D eigenvalue weighted by Gasteiger charge is 2.45. The molecule has 0 saturated carbocycles. The molecule has 2 aliphatic heterocycles. The number of carbonyl (C=O) groups excluding carboxylic acids is 1. The van der Waals surface area contributed by atoms with E-state index in [4.69, 9.17) is 9.47 Å². The molecule has 0 amide bonds. The number of hydrogen-bond donors (Lipinski definition) is 0. The van der Waals surface area contributed by atoms with Crippen LogP contribution < -0.4 is 0 Å². The minimum absolute atomic E-state index is 0.0154. The van der Waals surface area contributed by atoms with Crippen molar-refractivity contribution in [1.29, 1.82) is 0 Å². The van der Waals surface area contributed by atoms with Gasteiger partial charge in [-0.3, -0.25) is 10.1 Å². The molecule has 154 valence electrons. The molecule has 0 bridgehead atoms. The van der Waals surface area contributed by atoms with Crippen LogP contribution in [0.15, 0.2) is 52.2 Å². The van der Waals surface area contributed by atoms with Gasteiger partial charge in [0.15, 0.2) is 9.84 Å². The van der Waals surface area contributed by atoms with Crippen LogP contribution in [-0.2, 0) is 24.1 Å². The van der Waals surface area contributed by atoms with Crippen molar-refractivity contribution in [3.05, 3.63) is 58.0 Å². The Labute approximate surface area is 167 Å². The third kappa shape index (κ3) is 3.93. The van der Waals surface area contributed by atoms with Gasteiger partial charge in [-0.05, 0) is 31.5 Å². The summed E-state index contributed by atoms with van der Waals surface area (Å²) in [7, 11) is -3.38. The summed E-state index contributed by atoms with van der Waals surface area (Å²) in [6.45, 7) is 4.77. The Morgan fingerprint density at radius 1 is 1.21 bits per heavy atom. The van der Waals surface area contributed by atoms with Crippen molar-refractivity contribution in [3.63, 3.8) is 0 Å². The molecule has 0 spiro atoms. The molecule has 29 heavy (non-hydrogen) atoms. The van der Waals surface area contributed by atoms with Crippen LogP contribution in [0.2, 0.25) is 0 Å². The second-order valence-corrected chi connectivity index (χ2v) is 9.65. The highest BCUT2D eigenvalue weighted by Crippen LogP contribution is 2.40. The Hall–Kier alpha value is -3.01. The van der Waals surface area contributed by atoms with Crippen LogP contribution in [0.4, 0.5) is 0 Å². The minimum atomic E-state index is -3.38. The smallest absolute Gasteiger partial charge is 0.375 e. The van der Waals surface area contributed by atoms with E-state index < -0.39 is 31.9 Å². The molecule has 10 heteroatoms. The van der Waals surface area contributed by atoms with Crippen molar-refractivity contribution < 1.29 is 27.6 Å². The van der Waals surface area contributed by atoms with Crippen molar-refractivity contribution in [2.24, 2.45) is 4.99 Å². The molecule has 2 heterocycles. The molecule has 1 unspecified atom stereocenters. The van der Waals surface area contributed by atoms with Gasteiger partial charge in [-0.2, -0.15) is 0 Å². The Balaban J connectivity index is 2.02. The van der Waals surface area contributed by atoms with Crippen molar-refractivity contribution in [1.82, 2.24) is 0 Å². The molecule has 0 aromatic heterocycles. The lowest BCUT2D eigenvalue weighted by atomic mass is 9.91. The molecule has 0 aliphatic carbocycles. The van der Waals surface area contributed by atoms with E-state index >= 15 is 0 Å². The largest absolute Gasteiger partial charge is 0.449 e. The van der Waals surface area contributed by atoms with Crippen molar-refractivity contribution in [2.45, 2.75) is 43.2 Å². The van der Waals surface area contributed by atoms with Crippen molar-refractivity contribution in [2.75, 3.05) is 6.26 Å². The Kier molecular flexibility index (Phi) is 4.86. The summed E-state index contributed by atoms with van der Waals surface area (Å²) in [5.74, 6) is -0.833. The number of rotatable bonds is 4. The summed E-state index contributed by atoms with van der Waals surface area (Å²) in [6.07, 6.45) is 3.60. The van der Waals surface area contributed by atoms with Gasteiger partial charge in [-0.1, -0.05) is 12.1 Å². The molecule has 3 rings (SSSR count). The number of sulfone groups is 1. The van der Waals surface area contributed by atoms with Crippen LogP contribution in [0.25, 0.3) is 5.57 Å². The number of nitrogens with zero attached hydrogens (tertiary/aromatic N) is 2. The maximum atomic E-state index is 12.5. The summed E-state index contributed by atoms with van der Waals surface area (Å²) in [5.41, 5.74) is -1.50. The molecule has 0 N–H and O–H groups in total. The fourth-order valence-electron chi connectivity index (χ4n) is 3.14. The normalized spacial score (nSPS) is 23.6. The first kappa shape index (κ1) is 20.7. The van der Waals surface area contributed by atoms with Gasteiger partial charge >= 0.3 is 5.97 Å². The zero-order chi connectivity index (χ0) is 21.6. The topological polar surface area (TPSA) is 125 Å². The van der Waals surface area contributed by atoms with E-state index in [1.54, 1.807) is 26.0 Å². The maximum absolute atomic E-state index is 12.5. The van der Waals surface area contributed by atoms with Crippen LogP contribution in [0.5, 0.6) is 0 Å². The van der Waals surface area contributed by atoms with Crippen molar-refractivity contribution >= 4 is 27.3 Å².